The number of carbonyl (C=O) groups excluding carboxylic acids is 1. The molecule has 0 unspecified atom stereocenters. The van der Waals surface area contributed by atoms with Gasteiger partial charge in [-0.2, -0.15) is 5.10 Å². The number of hydrogen-bond acceptors (Lipinski definition) is 3. The van der Waals surface area contributed by atoms with Crippen molar-refractivity contribution in [3.05, 3.63) is 48.3 Å². The molecule has 0 aliphatic carbocycles. The Labute approximate surface area is 116 Å². The zero-order chi connectivity index (χ0) is 14.4. The summed E-state index contributed by atoms with van der Waals surface area (Å²) < 4.78 is 1.72. The maximum Gasteiger partial charge on any atom is 0.303 e. The summed E-state index contributed by atoms with van der Waals surface area (Å²) in [6.07, 6.45) is 3.33. The van der Waals surface area contributed by atoms with E-state index in [1.165, 1.54) is 0 Å². The summed E-state index contributed by atoms with van der Waals surface area (Å²) in [5, 5.41) is 15.4. The lowest BCUT2D eigenvalue weighted by atomic mass is 10.3. The number of rotatable bonds is 6. The standard InChI is InChI=1S/C14H15N3O3/c18-13(6-7-14(19)20)15-8-11-9-16-17(10-11)12-4-2-1-3-5-12/h1-5,9-10H,6-8H2,(H,15,18)(H,19,20). The van der Waals surface area contributed by atoms with Crippen LogP contribution in [0.2, 0.25) is 0 Å². The summed E-state index contributed by atoms with van der Waals surface area (Å²) >= 11 is 0. The first kappa shape index (κ1) is 13.8. The van der Waals surface area contributed by atoms with Crippen molar-refractivity contribution in [2.75, 3.05) is 0 Å². The second-order valence-corrected chi connectivity index (χ2v) is 4.30. The van der Waals surface area contributed by atoms with Crippen molar-refractivity contribution in [2.24, 2.45) is 0 Å². The Morgan fingerprint density at radius 3 is 2.65 bits per heavy atom. The first-order valence-electron chi connectivity index (χ1n) is 6.22. The van der Waals surface area contributed by atoms with Crippen LogP contribution in [0.3, 0.4) is 0 Å². The topological polar surface area (TPSA) is 84.2 Å². The van der Waals surface area contributed by atoms with Gasteiger partial charge in [0.25, 0.3) is 0 Å². The summed E-state index contributed by atoms with van der Waals surface area (Å²) in [5.74, 6) is -1.25. The number of amides is 1. The van der Waals surface area contributed by atoms with Crippen LogP contribution in [0, 0.1) is 0 Å². The summed E-state index contributed by atoms with van der Waals surface area (Å²) in [6, 6.07) is 9.63. The van der Waals surface area contributed by atoms with E-state index in [1.807, 2.05) is 36.5 Å². The summed E-state index contributed by atoms with van der Waals surface area (Å²) in [6.45, 7) is 0.339. The molecular weight excluding hydrogens is 258 g/mol. The van der Waals surface area contributed by atoms with Crippen molar-refractivity contribution in [1.29, 1.82) is 0 Å². The van der Waals surface area contributed by atoms with Crippen LogP contribution < -0.4 is 5.32 Å². The molecule has 2 N–H and O–H groups in total. The number of carboxylic acid groups (broad SMARTS) is 1. The fourth-order valence-electron chi connectivity index (χ4n) is 1.68. The normalized spacial score (nSPS) is 10.2. The van der Waals surface area contributed by atoms with Crippen LogP contribution in [0.25, 0.3) is 5.69 Å². The van der Waals surface area contributed by atoms with Gasteiger partial charge >= 0.3 is 5.97 Å². The molecule has 2 aromatic rings. The van der Waals surface area contributed by atoms with Crippen molar-refractivity contribution in [1.82, 2.24) is 15.1 Å². The fraction of sp³-hybridized carbons (Fsp3) is 0.214. The number of aliphatic carboxylic acids is 1. The van der Waals surface area contributed by atoms with Gasteiger partial charge < -0.3 is 10.4 Å². The molecule has 1 heterocycles. The van der Waals surface area contributed by atoms with Gasteiger partial charge in [0.15, 0.2) is 0 Å². The largest absolute Gasteiger partial charge is 0.481 e. The van der Waals surface area contributed by atoms with Crippen LogP contribution in [-0.2, 0) is 16.1 Å². The zero-order valence-corrected chi connectivity index (χ0v) is 10.8. The monoisotopic (exact) mass is 273 g/mol. The van der Waals surface area contributed by atoms with E-state index in [9.17, 15) is 9.59 Å². The number of hydrogen-bond donors (Lipinski definition) is 2. The van der Waals surface area contributed by atoms with E-state index in [4.69, 9.17) is 5.11 Å². The third kappa shape index (κ3) is 3.94. The molecule has 20 heavy (non-hydrogen) atoms. The third-order valence-corrected chi connectivity index (χ3v) is 2.71. The molecular formula is C14H15N3O3. The molecule has 0 saturated heterocycles. The predicted molar refractivity (Wildman–Crippen MR) is 72.3 cm³/mol. The molecule has 0 bridgehead atoms. The minimum absolute atomic E-state index is 0.0118. The van der Waals surface area contributed by atoms with Crippen LogP contribution in [0.4, 0.5) is 0 Å². The summed E-state index contributed by atoms with van der Waals surface area (Å²) in [5.41, 5.74) is 1.80. The van der Waals surface area contributed by atoms with Gasteiger partial charge in [-0.05, 0) is 12.1 Å². The van der Waals surface area contributed by atoms with E-state index in [1.54, 1.807) is 10.9 Å². The Balaban J connectivity index is 1.87. The van der Waals surface area contributed by atoms with Gasteiger partial charge in [-0.15, -0.1) is 0 Å². The molecule has 0 aliphatic rings. The Morgan fingerprint density at radius 2 is 1.95 bits per heavy atom. The van der Waals surface area contributed by atoms with Gasteiger partial charge in [0.2, 0.25) is 5.91 Å². The molecule has 0 aliphatic heterocycles. The first-order chi connectivity index (χ1) is 9.65. The highest BCUT2D eigenvalue weighted by atomic mass is 16.4. The molecule has 6 heteroatoms. The summed E-state index contributed by atoms with van der Waals surface area (Å²) in [7, 11) is 0. The third-order valence-electron chi connectivity index (χ3n) is 2.71. The van der Waals surface area contributed by atoms with Crippen LogP contribution in [0.1, 0.15) is 18.4 Å². The van der Waals surface area contributed by atoms with Crippen LogP contribution in [0.15, 0.2) is 42.7 Å². The lowest BCUT2D eigenvalue weighted by Gasteiger charge is -2.02. The highest BCUT2D eigenvalue weighted by molar-refractivity contribution is 5.80. The van der Waals surface area contributed by atoms with Crippen molar-refractivity contribution in [2.45, 2.75) is 19.4 Å². The van der Waals surface area contributed by atoms with Crippen molar-refractivity contribution in [3.8, 4) is 5.69 Å². The number of benzene rings is 1. The maximum atomic E-state index is 11.4. The average molecular weight is 273 g/mol. The SMILES string of the molecule is O=C(O)CCC(=O)NCc1cnn(-c2ccccc2)c1. The second-order valence-electron chi connectivity index (χ2n) is 4.30. The van der Waals surface area contributed by atoms with E-state index in [2.05, 4.69) is 10.4 Å². The molecule has 0 saturated carbocycles. The van der Waals surface area contributed by atoms with Gasteiger partial charge in [-0.25, -0.2) is 4.68 Å². The molecule has 1 aromatic heterocycles. The van der Waals surface area contributed by atoms with Gasteiger partial charge in [-0.3, -0.25) is 9.59 Å². The highest BCUT2D eigenvalue weighted by Gasteiger charge is 2.06. The Hall–Kier alpha value is -2.63. The van der Waals surface area contributed by atoms with Crippen molar-refractivity contribution < 1.29 is 14.7 Å². The van der Waals surface area contributed by atoms with Crippen LogP contribution in [0.5, 0.6) is 0 Å². The molecule has 2 rings (SSSR count). The Bertz CT molecular complexity index is 593. The lowest BCUT2D eigenvalue weighted by Crippen LogP contribution is -2.23. The molecule has 0 atom stereocenters. The Morgan fingerprint density at radius 1 is 1.20 bits per heavy atom. The quantitative estimate of drug-likeness (QED) is 0.832. The number of para-hydroxylation sites is 1. The van der Waals surface area contributed by atoms with Crippen LogP contribution in [-0.4, -0.2) is 26.8 Å². The molecule has 1 amide bonds. The number of nitrogens with zero attached hydrogens (tertiary/aromatic N) is 2. The fourth-order valence-corrected chi connectivity index (χ4v) is 1.68. The zero-order valence-electron chi connectivity index (χ0n) is 10.8. The van der Waals surface area contributed by atoms with Crippen LogP contribution >= 0.6 is 0 Å². The van der Waals surface area contributed by atoms with Gasteiger partial charge in [0, 0.05) is 24.7 Å². The predicted octanol–water partition coefficient (Wildman–Crippen LogP) is 1.35. The van der Waals surface area contributed by atoms with Crippen molar-refractivity contribution >= 4 is 11.9 Å². The summed E-state index contributed by atoms with van der Waals surface area (Å²) in [4.78, 5) is 21.7. The molecule has 6 nitrogen and oxygen atoms in total. The second kappa shape index (κ2) is 6.51. The van der Waals surface area contributed by atoms with Gasteiger partial charge in [0.1, 0.15) is 0 Å². The van der Waals surface area contributed by atoms with E-state index >= 15 is 0 Å². The van der Waals surface area contributed by atoms with Gasteiger partial charge in [-0.1, -0.05) is 18.2 Å². The Kier molecular flexibility index (Phi) is 4.49. The average Bonchev–Trinajstić information content (AvgIpc) is 2.93. The maximum absolute atomic E-state index is 11.4. The smallest absolute Gasteiger partial charge is 0.303 e. The first-order valence-corrected chi connectivity index (χ1v) is 6.22. The van der Waals surface area contributed by atoms with Crippen molar-refractivity contribution in [3.63, 3.8) is 0 Å². The van der Waals surface area contributed by atoms with E-state index in [0.717, 1.165) is 11.3 Å². The number of carboxylic acids is 1. The number of nitrogens with one attached hydrogen (secondary N) is 1. The lowest BCUT2D eigenvalue weighted by molar-refractivity contribution is -0.138. The highest BCUT2D eigenvalue weighted by Crippen LogP contribution is 2.07. The number of aromatic nitrogens is 2. The molecule has 104 valence electrons. The minimum Gasteiger partial charge on any atom is -0.481 e. The molecule has 0 radical (unpaired) electrons. The molecule has 1 aromatic carbocycles. The van der Waals surface area contributed by atoms with E-state index in [-0.39, 0.29) is 18.7 Å². The van der Waals surface area contributed by atoms with E-state index in [0.29, 0.717) is 6.54 Å². The molecule has 0 fully saturated rings. The minimum atomic E-state index is -0.975. The molecule has 0 spiro atoms. The van der Waals surface area contributed by atoms with E-state index < -0.39 is 5.97 Å². The van der Waals surface area contributed by atoms with Gasteiger partial charge in [0.05, 0.1) is 18.3 Å². The number of carbonyl (C=O) groups is 2.